The van der Waals surface area contributed by atoms with E-state index in [1.807, 2.05) is 0 Å². The lowest BCUT2D eigenvalue weighted by molar-refractivity contribution is -0.154. The van der Waals surface area contributed by atoms with Gasteiger partial charge in [0.1, 0.15) is 5.82 Å². The van der Waals surface area contributed by atoms with E-state index >= 15 is 0 Å². The summed E-state index contributed by atoms with van der Waals surface area (Å²) < 4.78 is 17.9. The Bertz CT molecular complexity index is 759. The monoisotopic (exact) mass is 357 g/mol. The highest BCUT2D eigenvalue weighted by Gasteiger charge is 2.18. The molecule has 2 rings (SSSR count). The quantitative estimate of drug-likeness (QED) is 0.582. The van der Waals surface area contributed by atoms with Gasteiger partial charge < -0.3 is 10.1 Å². The number of halogens is 1. The van der Waals surface area contributed by atoms with E-state index in [0.717, 1.165) is 5.56 Å². The van der Waals surface area contributed by atoms with Gasteiger partial charge in [0.2, 0.25) is 0 Å². The van der Waals surface area contributed by atoms with Crippen LogP contribution in [-0.2, 0) is 20.9 Å². The molecule has 0 unspecified atom stereocenters. The van der Waals surface area contributed by atoms with Crippen molar-refractivity contribution in [2.45, 2.75) is 32.4 Å². The number of Topliss-reactive ketones (excluding diaryl/α,β-unsaturated/α-hetero) is 1. The second-order valence-electron chi connectivity index (χ2n) is 5.77. The van der Waals surface area contributed by atoms with Crippen LogP contribution in [-0.4, -0.2) is 23.8 Å². The molecule has 0 spiro atoms. The summed E-state index contributed by atoms with van der Waals surface area (Å²) in [6, 6.07) is 14.4. The van der Waals surface area contributed by atoms with Gasteiger partial charge in [0.25, 0.3) is 5.91 Å². The first kappa shape index (κ1) is 19.3. The van der Waals surface area contributed by atoms with Crippen molar-refractivity contribution in [1.82, 2.24) is 5.32 Å². The molecular formula is C20H20FNO4. The number of hydrogen-bond acceptors (Lipinski definition) is 4. The molecule has 0 aliphatic heterocycles. The Balaban J connectivity index is 1.72. The van der Waals surface area contributed by atoms with Crippen molar-refractivity contribution in [2.75, 3.05) is 0 Å². The van der Waals surface area contributed by atoms with Crippen LogP contribution in [0.1, 0.15) is 35.7 Å². The van der Waals surface area contributed by atoms with Gasteiger partial charge in [0.05, 0.1) is 6.42 Å². The molecule has 2 aromatic rings. The molecule has 0 saturated carbocycles. The minimum Gasteiger partial charge on any atom is -0.453 e. The van der Waals surface area contributed by atoms with E-state index in [4.69, 9.17) is 4.74 Å². The molecule has 0 aliphatic rings. The third-order valence-corrected chi connectivity index (χ3v) is 3.71. The number of ether oxygens (including phenoxy) is 1. The van der Waals surface area contributed by atoms with Crippen molar-refractivity contribution in [1.29, 1.82) is 0 Å². The van der Waals surface area contributed by atoms with Crippen LogP contribution < -0.4 is 5.32 Å². The van der Waals surface area contributed by atoms with Gasteiger partial charge >= 0.3 is 5.97 Å². The van der Waals surface area contributed by atoms with Crippen molar-refractivity contribution in [3.05, 3.63) is 71.5 Å². The number of rotatable bonds is 8. The zero-order valence-electron chi connectivity index (χ0n) is 14.4. The maximum atomic E-state index is 12.8. The first-order valence-electron chi connectivity index (χ1n) is 8.25. The van der Waals surface area contributed by atoms with Gasteiger partial charge in [-0.25, -0.2) is 4.39 Å². The first-order valence-corrected chi connectivity index (χ1v) is 8.25. The molecule has 2 aromatic carbocycles. The van der Waals surface area contributed by atoms with Gasteiger partial charge in [0.15, 0.2) is 11.9 Å². The molecule has 0 fully saturated rings. The first-order chi connectivity index (χ1) is 12.5. The molecule has 0 heterocycles. The van der Waals surface area contributed by atoms with Gasteiger partial charge in [0, 0.05) is 18.5 Å². The summed E-state index contributed by atoms with van der Waals surface area (Å²) in [4.78, 5) is 35.7. The van der Waals surface area contributed by atoms with Gasteiger partial charge in [-0.3, -0.25) is 14.4 Å². The lowest BCUT2D eigenvalue weighted by atomic mass is 10.1. The van der Waals surface area contributed by atoms with Crippen LogP contribution in [0.25, 0.3) is 0 Å². The number of hydrogen-bond donors (Lipinski definition) is 1. The van der Waals surface area contributed by atoms with Crippen LogP contribution in [0.15, 0.2) is 54.6 Å². The number of carbonyl (C=O) groups excluding carboxylic acids is 3. The summed E-state index contributed by atoms with van der Waals surface area (Å²) in [6.45, 7) is 1.66. The normalized spacial score (nSPS) is 11.5. The zero-order valence-corrected chi connectivity index (χ0v) is 14.4. The summed E-state index contributed by atoms with van der Waals surface area (Å²) in [6.07, 6.45) is -1.05. The molecule has 0 aliphatic carbocycles. The van der Waals surface area contributed by atoms with Crippen LogP contribution in [0.4, 0.5) is 4.39 Å². The summed E-state index contributed by atoms with van der Waals surface area (Å²) in [5, 5.41) is 2.61. The van der Waals surface area contributed by atoms with Crippen LogP contribution in [0, 0.1) is 5.82 Å². The zero-order chi connectivity index (χ0) is 18.9. The molecule has 1 atom stereocenters. The summed E-state index contributed by atoms with van der Waals surface area (Å²) in [5.74, 6) is -1.58. The fraction of sp³-hybridized carbons (Fsp3) is 0.250. The summed E-state index contributed by atoms with van der Waals surface area (Å²) >= 11 is 0. The minimum absolute atomic E-state index is 0.0206. The second-order valence-corrected chi connectivity index (χ2v) is 5.77. The van der Waals surface area contributed by atoms with Gasteiger partial charge in [-0.15, -0.1) is 0 Å². The Labute approximate surface area is 151 Å². The molecule has 0 saturated heterocycles. The van der Waals surface area contributed by atoms with Crippen LogP contribution in [0.5, 0.6) is 0 Å². The van der Waals surface area contributed by atoms with E-state index in [-0.39, 0.29) is 31.0 Å². The number of benzene rings is 2. The largest absolute Gasteiger partial charge is 0.453 e. The smallest absolute Gasteiger partial charge is 0.307 e. The fourth-order valence-corrected chi connectivity index (χ4v) is 2.23. The molecule has 0 aromatic heterocycles. The molecular weight excluding hydrogens is 337 g/mol. The molecule has 136 valence electrons. The van der Waals surface area contributed by atoms with Gasteiger partial charge in [-0.05, 0) is 24.6 Å². The highest BCUT2D eigenvalue weighted by molar-refractivity contribution is 5.97. The Hall–Kier alpha value is -3.02. The Morgan fingerprint density at radius 3 is 2.31 bits per heavy atom. The van der Waals surface area contributed by atoms with Crippen molar-refractivity contribution in [3.8, 4) is 0 Å². The Morgan fingerprint density at radius 1 is 1.00 bits per heavy atom. The number of ketones is 1. The molecule has 0 radical (unpaired) electrons. The highest BCUT2D eigenvalue weighted by atomic mass is 19.1. The molecule has 1 amide bonds. The van der Waals surface area contributed by atoms with E-state index in [9.17, 15) is 18.8 Å². The van der Waals surface area contributed by atoms with Crippen molar-refractivity contribution in [2.24, 2.45) is 0 Å². The standard InChI is InChI=1S/C20H20FNO4/c1-14(20(25)22-13-15-7-9-17(21)10-8-15)26-19(24)12-11-18(23)16-5-3-2-4-6-16/h2-10,14H,11-13H2,1H3,(H,22,25)/t14-/m1/s1. The van der Waals surface area contributed by atoms with E-state index in [0.29, 0.717) is 5.56 Å². The number of esters is 1. The van der Waals surface area contributed by atoms with E-state index in [1.165, 1.54) is 19.1 Å². The maximum Gasteiger partial charge on any atom is 0.307 e. The number of carbonyl (C=O) groups is 3. The topological polar surface area (TPSA) is 72.5 Å². The Kier molecular flexibility index (Phi) is 7.02. The lowest BCUT2D eigenvalue weighted by Crippen LogP contribution is -2.35. The highest BCUT2D eigenvalue weighted by Crippen LogP contribution is 2.07. The predicted molar refractivity (Wildman–Crippen MR) is 93.8 cm³/mol. The van der Waals surface area contributed by atoms with Gasteiger partial charge in [-0.1, -0.05) is 42.5 Å². The average Bonchev–Trinajstić information content (AvgIpc) is 2.66. The Morgan fingerprint density at radius 2 is 1.65 bits per heavy atom. The van der Waals surface area contributed by atoms with E-state index in [1.54, 1.807) is 42.5 Å². The second kappa shape index (κ2) is 9.46. The molecule has 1 N–H and O–H groups in total. The third-order valence-electron chi connectivity index (χ3n) is 3.71. The fourth-order valence-electron chi connectivity index (χ4n) is 2.23. The summed E-state index contributed by atoms with van der Waals surface area (Å²) in [7, 11) is 0. The number of amides is 1. The minimum atomic E-state index is -0.977. The number of nitrogens with one attached hydrogen (secondary N) is 1. The average molecular weight is 357 g/mol. The maximum absolute atomic E-state index is 12.8. The molecule has 5 nitrogen and oxygen atoms in total. The molecule has 26 heavy (non-hydrogen) atoms. The van der Waals surface area contributed by atoms with Crippen LogP contribution in [0.3, 0.4) is 0 Å². The van der Waals surface area contributed by atoms with Crippen molar-refractivity contribution < 1.29 is 23.5 Å². The predicted octanol–water partition coefficient (Wildman–Crippen LogP) is 3.04. The molecule has 0 bridgehead atoms. The molecule has 6 heteroatoms. The van der Waals surface area contributed by atoms with E-state index in [2.05, 4.69) is 5.32 Å². The third kappa shape index (κ3) is 6.12. The lowest BCUT2D eigenvalue weighted by Gasteiger charge is -2.13. The van der Waals surface area contributed by atoms with E-state index < -0.39 is 18.0 Å². The van der Waals surface area contributed by atoms with Crippen LogP contribution >= 0.6 is 0 Å². The van der Waals surface area contributed by atoms with Crippen molar-refractivity contribution >= 4 is 17.7 Å². The van der Waals surface area contributed by atoms with Crippen molar-refractivity contribution in [3.63, 3.8) is 0 Å². The van der Waals surface area contributed by atoms with Gasteiger partial charge in [-0.2, -0.15) is 0 Å². The van der Waals surface area contributed by atoms with Crippen LogP contribution in [0.2, 0.25) is 0 Å². The summed E-state index contributed by atoms with van der Waals surface area (Å²) in [5.41, 5.74) is 1.26. The SMILES string of the molecule is C[C@@H](OC(=O)CCC(=O)c1ccccc1)C(=O)NCc1ccc(F)cc1.